The molecule has 0 saturated carbocycles. The average molecular weight is 489 g/mol. The van der Waals surface area contributed by atoms with Crippen LogP contribution in [0.1, 0.15) is 26.5 Å². The van der Waals surface area contributed by atoms with E-state index in [1.807, 2.05) is 42.1 Å². The van der Waals surface area contributed by atoms with E-state index in [0.29, 0.717) is 22.2 Å². The molecule has 4 rings (SSSR count). The summed E-state index contributed by atoms with van der Waals surface area (Å²) in [5, 5.41) is 15.3. The van der Waals surface area contributed by atoms with Crippen LogP contribution in [-0.4, -0.2) is 33.9 Å². The molecule has 0 unspecified atom stereocenters. The van der Waals surface area contributed by atoms with Crippen LogP contribution in [0.4, 0.5) is 0 Å². The van der Waals surface area contributed by atoms with Crippen molar-refractivity contribution in [3.63, 3.8) is 0 Å². The Morgan fingerprint density at radius 3 is 2.78 bits per heavy atom. The number of aromatic hydroxyl groups is 1. The first kappa shape index (κ1) is 22.3. The lowest BCUT2D eigenvalue weighted by Gasteiger charge is -2.09. The zero-order chi connectivity index (χ0) is 22.8. The number of nitrogens with one attached hydrogen (secondary N) is 1. The number of carbonyl (C=O) groups excluding carboxylic acids is 1. The van der Waals surface area contributed by atoms with Crippen LogP contribution < -0.4 is 5.43 Å². The number of methoxy groups -OCH3 is 1. The number of phenolic OH excluding ortho intramolecular Hbond substituents is 1. The number of halogens is 2. The van der Waals surface area contributed by atoms with Crippen LogP contribution in [0.15, 0.2) is 47.8 Å². The summed E-state index contributed by atoms with van der Waals surface area (Å²) in [4.78, 5) is 18.9. The number of phenols is 1. The summed E-state index contributed by atoms with van der Waals surface area (Å²) in [6.07, 6.45) is 5.01. The van der Waals surface area contributed by atoms with Gasteiger partial charge in [-0.2, -0.15) is 5.10 Å². The molecule has 0 spiro atoms. The Balaban J connectivity index is 1.75. The fraction of sp³-hybridized carbons (Fsp3) is 0.136. The molecule has 0 aliphatic rings. The van der Waals surface area contributed by atoms with Gasteiger partial charge in [-0.15, -0.1) is 11.3 Å². The number of nitrogens with zero attached hydrogens (tertiary/aromatic N) is 3. The Bertz CT molecular complexity index is 1330. The number of carbonyl (C=O) groups is 1. The number of hydrogen-bond acceptors (Lipinski definition) is 6. The molecule has 0 bridgehead atoms. The topological polar surface area (TPSA) is 88.7 Å². The highest BCUT2D eigenvalue weighted by Crippen LogP contribution is 2.36. The average Bonchev–Trinajstić information content (AvgIpc) is 3.39. The van der Waals surface area contributed by atoms with Gasteiger partial charge >= 0.3 is 0 Å². The van der Waals surface area contributed by atoms with E-state index < -0.39 is 5.91 Å². The lowest BCUT2D eigenvalue weighted by Crippen LogP contribution is -2.18. The van der Waals surface area contributed by atoms with Gasteiger partial charge in [-0.1, -0.05) is 23.2 Å². The van der Waals surface area contributed by atoms with Gasteiger partial charge in [0.25, 0.3) is 5.91 Å². The Hall–Kier alpha value is -2.91. The third kappa shape index (κ3) is 4.35. The predicted octanol–water partition coefficient (Wildman–Crippen LogP) is 5.32. The Morgan fingerprint density at radius 1 is 1.31 bits per heavy atom. The van der Waals surface area contributed by atoms with Crippen LogP contribution in [-0.2, 0) is 11.3 Å². The second-order valence-electron chi connectivity index (χ2n) is 6.93. The fourth-order valence-corrected chi connectivity index (χ4v) is 5.01. The number of fused-ring (bicyclic) bond motifs is 1. The van der Waals surface area contributed by atoms with Crippen molar-refractivity contribution >= 4 is 56.9 Å². The van der Waals surface area contributed by atoms with Crippen LogP contribution in [0.3, 0.4) is 0 Å². The molecule has 32 heavy (non-hydrogen) atoms. The summed E-state index contributed by atoms with van der Waals surface area (Å²) in [6.45, 7) is 2.29. The number of aromatic nitrogens is 2. The molecular formula is C22H18Cl2N4O3S. The Kier molecular flexibility index (Phi) is 6.48. The molecule has 1 aromatic carbocycles. The number of aryl methyl sites for hydroxylation is 1. The third-order valence-corrected chi connectivity index (χ3v) is 6.22. The van der Waals surface area contributed by atoms with Crippen LogP contribution >= 0.6 is 34.5 Å². The molecule has 1 amide bonds. The highest BCUT2D eigenvalue weighted by molar-refractivity contribution is 7.21. The van der Waals surface area contributed by atoms with Crippen molar-refractivity contribution in [1.82, 2.24) is 15.0 Å². The minimum Gasteiger partial charge on any atom is -0.506 e. The zero-order valence-corrected chi connectivity index (χ0v) is 19.4. The van der Waals surface area contributed by atoms with Crippen molar-refractivity contribution in [3.05, 3.63) is 74.5 Å². The van der Waals surface area contributed by atoms with E-state index in [4.69, 9.17) is 27.9 Å². The number of hydrogen-bond donors (Lipinski definition) is 2. The summed E-state index contributed by atoms with van der Waals surface area (Å²) in [6, 6.07) is 8.63. The molecular weight excluding hydrogens is 471 g/mol. The molecule has 0 aliphatic carbocycles. The normalized spacial score (nSPS) is 11.5. The van der Waals surface area contributed by atoms with Crippen molar-refractivity contribution in [1.29, 1.82) is 0 Å². The van der Waals surface area contributed by atoms with E-state index in [9.17, 15) is 9.90 Å². The van der Waals surface area contributed by atoms with Crippen LogP contribution in [0.5, 0.6) is 5.75 Å². The summed E-state index contributed by atoms with van der Waals surface area (Å²) >= 11 is 13.2. The fourth-order valence-electron chi connectivity index (χ4n) is 3.34. The highest BCUT2D eigenvalue weighted by Gasteiger charge is 2.23. The molecule has 3 heterocycles. The second-order valence-corrected chi connectivity index (χ2v) is 8.77. The van der Waals surface area contributed by atoms with Crippen molar-refractivity contribution in [3.8, 4) is 11.4 Å². The maximum Gasteiger partial charge on any atom is 0.283 e. The van der Waals surface area contributed by atoms with Crippen molar-refractivity contribution < 1.29 is 14.6 Å². The van der Waals surface area contributed by atoms with Gasteiger partial charge in [0.1, 0.15) is 15.5 Å². The van der Waals surface area contributed by atoms with Crippen LogP contribution in [0.25, 0.3) is 15.9 Å². The van der Waals surface area contributed by atoms with Crippen molar-refractivity contribution in [2.24, 2.45) is 5.10 Å². The number of rotatable bonds is 6. The number of pyridine rings is 1. The van der Waals surface area contributed by atoms with Gasteiger partial charge in [0, 0.05) is 41.2 Å². The van der Waals surface area contributed by atoms with E-state index >= 15 is 0 Å². The largest absolute Gasteiger partial charge is 0.506 e. The molecule has 4 aromatic rings. The van der Waals surface area contributed by atoms with Crippen molar-refractivity contribution in [2.45, 2.75) is 13.5 Å². The van der Waals surface area contributed by atoms with Crippen LogP contribution in [0.2, 0.25) is 10.0 Å². The minimum atomic E-state index is -0.415. The highest BCUT2D eigenvalue weighted by atomic mass is 35.5. The number of benzene rings is 1. The number of amides is 1. The number of thiophene rings is 1. The second kappa shape index (κ2) is 9.30. The Morgan fingerprint density at radius 2 is 2.06 bits per heavy atom. The first-order chi connectivity index (χ1) is 15.4. The van der Waals surface area contributed by atoms with Gasteiger partial charge < -0.3 is 14.4 Å². The molecule has 164 valence electrons. The first-order valence-electron chi connectivity index (χ1n) is 9.45. The van der Waals surface area contributed by atoms with Gasteiger partial charge in [-0.3, -0.25) is 4.79 Å². The lowest BCUT2D eigenvalue weighted by atomic mass is 10.1. The molecule has 0 fully saturated rings. The van der Waals surface area contributed by atoms with Gasteiger partial charge in [0.15, 0.2) is 0 Å². The molecule has 0 saturated heterocycles. The van der Waals surface area contributed by atoms with E-state index in [-0.39, 0.29) is 16.3 Å². The van der Waals surface area contributed by atoms with E-state index in [1.165, 1.54) is 29.7 Å². The number of ether oxygens (including phenoxy) is 1. The molecule has 10 heteroatoms. The summed E-state index contributed by atoms with van der Waals surface area (Å²) in [5.41, 5.74) is 5.28. The third-order valence-electron chi connectivity index (χ3n) is 4.64. The lowest BCUT2D eigenvalue weighted by molar-refractivity contribution is 0.0959. The first-order valence-corrected chi connectivity index (χ1v) is 11.0. The van der Waals surface area contributed by atoms with Gasteiger partial charge in [0.05, 0.1) is 23.5 Å². The number of hydrazone groups is 1. The Labute approximate surface area is 197 Å². The summed E-state index contributed by atoms with van der Waals surface area (Å²) < 4.78 is 7.25. The predicted molar refractivity (Wildman–Crippen MR) is 128 cm³/mol. The van der Waals surface area contributed by atoms with E-state index in [0.717, 1.165) is 21.5 Å². The van der Waals surface area contributed by atoms with E-state index in [2.05, 4.69) is 15.5 Å². The minimum absolute atomic E-state index is 0.0943. The monoisotopic (exact) mass is 488 g/mol. The smallest absolute Gasteiger partial charge is 0.283 e. The maximum atomic E-state index is 13.1. The molecule has 2 N–H and O–H groups in total. The molecule has 0 radical (unpaired) electrons. The maximum absolute atomic E-state index is 13.1. The molecule has 0 aliphatic heterocycles. The quantitative estimate of drug-likeness (QED) is 0.284. The zero-order valence-electron chi connectivity index (χ0n) is 17.1. The van der Waals surface area contributed by atoms with Gasteiger partial charge in [-0.05, 0) is 42.8 Å². The van der Waals surface area contributed by atoms with Crippen LogP contribution in [0, 0.1) is 6.92 Å². The van der Waals surface area contributed by atoms with Gasteiger partial charge in [0.2, 0.25) is 0 Å². The van der Waals surface area contributed by atoms with Crippen molar-refractivity contribution in [2.75, 3.05) is 7.11 Å². The SMILES string of the molecule is COCc1cc(C)nc2sc(C(=O)NN=Cc3cc(Cl)cc(Cl)c3O)c(-n3cccc3)c12. The molecule has 3 aromatic heterocycles. The molecule has 7 nitrogen and oxygen atoms in total. The standard InChI is InChI=1S/C22H18Cl2N4O3S/c1-12-7-14(11-31-2)17-18(28-5-3-4-6-28)20(32-22(17)26-12)21(30)27-25-10-13-8-15(23)9-16(24)19(13)29/h3-10,29H,11H2,1-2H3,(H,27,30). The van der Waals surface area contributed by atoms with E-state index in [1.54, 1.807) is 7.11 Å². The summed E-state index contributed by atoms with van der Waals surface area (Å²) in [7, 11) is 1.63. The molecule has 0 atom stereocenters. The summed E-state index contributed by atoms with van der Waals surface area (Å²) in [5.74, 6) is -0.588. The van der Waals surface area contributed by atoms with Gasteiger partial charge in [-0.25, -0.2) is 10.4 Å².